The molecule has 2 N–H and O–H groups in total. The van der Waals surface area contributed by atoms with Gasteiger partial charge in [-0.25, -0.2) is 4.39 Å². The van der Waals surface area contributed by atoms with Gasteiger partial charge in [0.15, 0.2) is 0 Å². The van der Waals surface area contributed by atoms with Crippen LogP contribution in [-0.4, -0.2) is 0 Å². The van der Waals surface area contributed by atoms with E-state index in [1.807, 2.05) is 34.7 Å². The van der Waals surface area contributed by atoms with Crippen molar-refractivity contribution in [1.82, 2.24) is 0 Å². The number of nitrogens with two attached hydrogens (primary N) is 1. The van der Waals surface area contributed by atoms with E-state index >= 15 is 0 Å². The van der Waals surface area contributed by atoms with Crippen molar-refractivity contribution in [3.8, 4) is 0 Å². The van der Waals surface area contributed by atoms with E-state index in [-0.39, 0.29) is 11.9 Å². The Hall–Kier alpha value is -0.160. The zero-order valence-electron chi connectivity index (χ0n) is 7.19. The summed E-state index contributed by atoms with van der Waals surface area (Å²) in [6, 6.07) is 3.73. The molecule has 1 aliphatic rings. The van der Waals surface area contributed by atoms with Crippen molar-refractivity contribution >= 4 is 22.6 Å². The van der Waals surface area contributed by atoms with E-state index in [1.165, 1.54) is 0 Å². The zero-order valence-corrected chi connectivity index (χ0v) is 9.34. The highest BCUT2D eigenvalue weighted by atomic mass is 127. The summed E-state index contributed by atoms with van der Waals surface area (Å²) in [4.78, 5) is 0. The minimum Gasteiger partial charge on any atom is -0.324 e. The molecule has 0 spiro atoms. The average Bonchev–Trinajstić information content (AvgIpc) is 2.12. The van der Waals surface area contributed by atoms with Crippen LogP contribution in [0.25, 0.3) is 0 Å². The fourth-order valence-corrected chi connectivity index (χ4v) is 2.35. The SMILES string of the molecule is N[C@@H]1CCCc2ccc(I)c(F)c21. The predicted octanol–water partition coefficient (Wildman–Crippen LogP) is 2.77. The van der Waals surface area contributed by atoms with Crippen molar-refractivity contribution < 1.29 is 4.39 Å². The number of hydrogen-bond donors (Lipinski definition) is 1. The molecule has 2 rings (SSSR count). The van der Waals surface area contributed by atoms with E-state index in [0.29, 0.717) is 3.57 Å². The lowest BCUT2D eigenvalue weighted by atomic mass is 9.88. The van der Waals surface area contributed by atoms with Gasteiger partial charge in [0.25, 0.3) is 0 Å². The van der Waals surface area contributed by atoms with Crippen LogP contribution in [0.15, 0.2) is 12.1 Å². The fraction of sp³-hybridized carbons (Fsp3) is 0.400. The van der Waals surface area contributed by atoms with E-state index in [9.17, 15) is 4.39 Å². The summed E-state index contributed by atoms with van der Waals surface area (Å²) in [5.74, 6) is -0.106. The highest BCUT2D eigenvalue weighted by molar-refractivity contribution is 14.1. The maximum absolute atomic E-state index is 13.6. The summed E-state index contributed by atoms with van der Waals surface area (Å²) in [7, 11) is 0. The van der Waals surface area contributed by atoms with Crippen LogP contribution in [0, 0.1) is 9.39 Å². The molecule has 0 aliphatic heterocycles. The summed E-state index contributed by atoms with van der Waals surface area (Å²) < 4.78 is 14.3. The summed E-state index contributed by atoms with van der Waals surface area (Å²) >= 11 is 2.01. The Morgan fingerprint density at radius 2 is 2.23 bits per heavy atom. The van der Waals surface area contributed by atoms with Crippen molar-refractivity contribution in [1.29, 1.82) is 0 Å². The molecule has 0 bridgehead atoms. The summed E-state index contributed by atoms with van der Waals surface area (Å²) in [5.41, 5.74) is 7.72. The lowest BCUT2D eigenvalue weighted by Gasteiger charge is -2.22. The molecule has 0 amide bonds. The van der Waals surface area contributed by atoms with Gasteiger partial charge >= 0.3 is 0 Å². The second kappa shape index (κ2) is 3.53. The van der Waals surface area contributed by atoms with Crippen LogP contribution in [0.2, 0.25) is 0 Å². The molecule has 13 heavy (non-hydrogen) atoms. The Morgan fingerprint density at radius 3 is 3.00 bits per heavy atom. The average molecular weight is 291 g/mol. The van der Waals surface area contributed by atoms with E-state index < -0.39 is 0 Å². The van der Waals surface area contributed by atoms with Crippen molar-refractivity contribution in [2.45, 2.75) is 25.3 Å². The molecule has 0 saturated heterocycles. The summed E-state index contributed by atoms with van der Waals surface area (Å²) in [6.07, 6.45) is 2.95. The van der Waals surface area contributed by atoms with E-state index in [4.69, 9.17) is 5.73 Å². The van der Waals surface area contributed by atoms with Gasteiger partial charge in [-0.1, -0.05) is 6.07 Å². The molecule has 0 fully saturated rings. The minimum atomic E-state index is -0.106. The highest BCUT2D eigenvalue weighted by Crippen LogP contribution is 2.31. The van der Waals surface area contributed by atoms with Gasteiger partial charge in [-0.05, 0) is 53.5 Å². The monoisotopic (exact) mass is 291 g/mol. The van der Waals surface area contributed by atoms with E-state index in [0.717, 1.165) is 30.4 Å². The molecule has 70 valence electrons. The minimum absolute atomic E-state index is 0.0986. The molecule has 0 unspecified atom stereocenters. The van der Waals surface area contributed by atoms with Gasteiger partial charge in [0, 0.05) is 15.2 Å². The number of benzene rings is 1. The Labute approximate surface area is 90.7 Å². The standard InChI is InChI=1S/C10H11FIN/c11-10-7(12)5-4-6-2-1-3-8(13)9(6)10/h4-5,8H,1-3,13H2/t8-/m1/s1. The van der Waals surface area contributed by atoms with Gasteiger partial charge < -0.3 is 5.73 Å². The van der Waals surface area contributed by atoms with Gasteiger partial charge in [0.2, 0.25) is 0 Å². The number of aryl methyl sites for hydroxylation is 1. The molecule has 0 heterocycles. The second-order valence-electron chi connectivity index (χ2n) is 3.43. The van der Waals surface area contributed by atoms with Crippen LogP contribution >= 0.6 is 22.6 Å². The van der Waals surface area contributed by atoms with Crippen LogP contribution in [0.1, 0.15) is 30.0 Å². The quantitative estimate of drug-likeness (QED) is 0.731. The van der Waals surface area contributed by atoms with Crippen LogP contribution in [0.4, 0.5) is 4.39 Å². The third kappa shape index (κ3) is 1.59. The van der Waals surface area contributed by atoms with Gasteiger partial charge in [-0.3, -0.25) is 0 Å². The molecule has 1 atom stereocenters. The van der Waals surface area contributed by atoms with Gasteiger partial charge in [0.1, 0.15) is 5.82 Å². The predicted molar refractivity (Wildman–Crippen MR) is 59.0 cm³/mol. The first-order valence-corrected chi connectivity index (χ1v) is 5.50. The molecule has 0 saturated carbocycles. The normalized spacial score (nSPS) is 21.3. The summed E-state index contributed by atoms with van der Waals surface area (Å²) in [5, 5.41) is 0. The molecule has 1 aliphatic carbocycles. The van der Waals surface area contributed by atoms with E-state index in [2.05, 4.69) is 0 Å². The molecular formula is C10H11FIN. The Kier molecular flexibility index (Phi) is 2.55. The Balaban J connectivity index is 2.58. The van der Waals surface area contributed by atoms with Crippen molar-refractivity contribution in [2.24, 2.45) is 5.73 Å². The lowest BCUT2D eigenvalue weighted by Crippen LogP contribution is -2.19. The molecule has 0 radical (unpaired) electrons. The van der Waals surface area contributed by atoms with Gasteiger partial charge in [-0.2, -0.15) is 0 Å². The zero-order chi connectivity index (χ0) is 9.42. The first-order valence-electron chi connectivity index (χ1n) is 4.42. The fourth-order valence-electron chi connectivity index (χ4n) is 1.88. The molecular weight excluding hydrogens is 280 g/mol. The third-order valence-electron chi connectivity index (χ3n) is 2.55. The van der Waals surface area contributed by atoms with Crippen LogP contribution in [-0.2, 0) is 6.42 Å². The Morgan fingerprint density at radius 1 is 1.46 bits per heavy atom. The van der Waals surface area contributed by atoms with E-state index in [1.54, 1.807) is 0 Å². The smallest absolute Gasteiger partial charge is 0.141 e. The maximum atomic E-state index is 13.6. The van der Waals surface area contributed by atoms with Gasteiger partial charge in [0.05, 0.1) is 0 Å². The van der Waals surface area contributed by atoms with Crippen LogP contribution in [0.3, 0.4) is 0 Å². The van der Waals surface area contributed by atoms with Gasteiger partial charge in [-0.15, -0.1) is 0 Å². The first kappa shape index (κ1) is 9.40. The lowest BCUT2D eigenvalue weighted by molar-refractivity contribution is 0.515. The number of halogens is 2. The topological polar surface area (TPSA) is 26.0 Å². The first-order chi connectivity index (χ1) is 6.20. The summed E-state index contributed by atoms with van der Waals surface area (Å²) in [6.45, 7) is 0. The molecule has 0 aromatic heterocycles. The second-order valence-corrected chi connectivity index (χ2v) is 4.60. The third-order valence-corrected chi connectivity index (χ3v) is 3.39. The number of rotatable bonds is 0. The molecule has 3 heteroatoms. The van der Waals surface area contributed by atoms with Crippen LogP contribution < -0.4 is 5.73 Å². The van der Waals surface area contributed by atoms with Crippen molar-refractivity contribution in [3.63, 3.8) is 0 Å². The maximum Gasteiger partial charge on any atom is 0.141 e. The van der Waals surface area contributed by atoms with Crippen molar-refractivity contribution in [3.05, 3.63) is 32.6 Å². The number of hydrogen-bond acceptors (Lipinski definition) is 1. The highest BCUT2D eigenvalue weighted by Gasteiger charge is 2.21. The molecule has 1 aromatic carbocycles. The number of fused-ring (bicyclic) bond motifs is 1. The largest absolute Gasteiger partial charge is 0.324 e. The Bertz CT molecular complexity index is 338. The molecule has 1 nitrogen and oxygen atoms in total. The van der Waals surface area contributed by atoms with Crippen molar-refractivity contribution in [2.75, 3.05) is 0 Å². The van der Waals surface area contributed by atoms with Crippen LogP contribution in [0.5, 0.6) is 0 Å². The molecule has 1 aromatic rings.